The van der Waals surface area contributed by atoms with E-state index in [1.54, 1.807) is 0 Å². The largest absolute Gasteiger partial charge is 0.496 e. The lowest BCUT2D eigenvalue weighted by atomic mass is 10.1. The second-order valence-electron chi connectivity index (χ2n) is 6.80. The lowest BCUT2D eigenvalue weighted by molar-refractivity contribution is 0.0997. The van der Waals surface area contributed by atoms with Crippen LogP contribution in [-0.4, -0.2) is 53.0 Å². The van der Waals surface area contributed by atoms with Gasteiger partial charge in [0.25, 0.3) is 5.91 Å². The van der Waals surface area contributed by atoms with Crippen LogP contribution in [0, 0.1) is 5.82 Å². The van der Waals surface area contributed by atoms with Crippen molar-refractivity contribution in [3.63, 3.8) is 0 Å². The molecule has 0 aromatic heterocycles. The molecule has 1 heterocycles. The monoisotopic (exact) mass is 456 g/mol. The maximum Gasteiger partial charge on any atom is 0.252 e. The molecule has 11 heteroatoms. The average Bonchev–Trinajstić information content (AvgIpc) is 2.86. The number of carbonyl (C=O) groups is 1. The number of halogens is 1. The highest BCUT2D eigenvalue weighted by molar-refractivity contribution is 7.92. The third-order valence-corrected chi connectivity index (χ3v) is 9.03. The van der Waals surface area contributed by atoms with E-state index in [1.807, 2.05) is 0 Å². The Morgan fingerprint density at radius 1 is 1.20 bits per heavy atom. The first-order chi connectivity index (χ1) is 14.1. The Morgan fingerprint density at radius 2 is 1.90 bits per heavy atom. The fourth-order valence-electron chi connectivity index (χ4n) is 3.44. The highest BCUT2D eigenvalue weighted by Gasteiger charge is 2.37. The van der Waals surface area contributed by atoms with Crippen molar-refractivity contribution in [2.24, 2.45) is 5.73 Å². The summed E-state index contributed by atoms with van der Waals surface area (Å²) in [6.45, 7) is -0.411. The van der Waals surface area contributed by atoms with Gasteiger partial charge in [0, 0.05) is 18.7 Å². The van der Waals surface area contributed by atoms with Crippen LogP contribution in [0.1, 0.15) is 27.6 Å². The number of carbonyl (C=O) groups excluding carboxylic acids is 1. The smallest absolute Gasteiger partial charge is 0.252 e. The van der Waals surface area contributed by atoms with Gasteiger partial charge in [-0.05, 0) is 30.7 Å². The second-order valence-corrected chi connectivity index (χ2v) is 11.0. The normalized spacial score (nSPS) is 19.7. The van der Waals surface area contributed by atoms with Crippen molar-refractivity contribution in [1.29, 1.82) is 0 Å². The first kappa shape index (κ1) is 22.2. The van der Waals surface area contributed by atoms with E-state index in [9.17, 15) is 26.0 Å². The van der Waals surface area contributed by atoms with Gasteiger partial charge in [0.15, 0.2) is 9.84 Å². The van der Waals surface area contributed by atoms with Crippen LogP contribution in [0.15, 0.2) is 47.4 Å². The van der Waals surface area contributed by atoms with Gasteiger partial charge in [-0.25, -0.2) is 21.2 Å². The summed E-state index contributed by atoms with van der Waals surface area (Å²) in [6.07, 6.45) is -0.0959. The van der Waals surface area contributed by atoms with Crippen molar-refractivity contribution in [2.45, 2.75) is 16.6 Å². The Bertz CT molecular complexity index is 1180. The average molecular weight is 457 g/mol. The number of nitrogens with two attached hydrogens (primary N) is 1. The van der Waals surface area contributed by atoms with Gasteiger partial charge in [0.2, 0.25) is 10.0 Å². The van der Waals surface area contributed by atoms with Crippen molar-refractivity contribution in [3.8, 4) is 5.75 Å². The molecule has 0 saturated carbocycles. The molecule has 1 saturated heterocycles. The second kappa shape index (κ2) is 8.32. The molecule has 2 N–H and O–H groups in total. The topological polar surface area (TPSA) is 124 Å². The number of hydrogen-bond acceptors (Lipinski definition) is 6. The Labute approximate surface area is 174 Å². The maximum atomic E-state index is 14.2. The Balaban J connectivity index is 1.95. The van der Waals surface area contributed by atoms with Crippen molar-refractivity contribution in [3.05, 3.63) is 59.4 Å². The van der Waals surface area contributed by atoms with Gasteiger partial charge in [0.05, 0.1) is 28.6 Å². The quantitative estimate of drug-likeness (QED) is 0.727. The van der Waals surface area contributed by atoms with Gasteiger partial charge in [-0.15, -0.1) is 0 Å². The Kier molecular flexibility index (Phi) is 6.16. The van der Waals surface area contributed by atoms with Crippen molar-refractivity contribution >= 4 is 25.8 Å². The standard InChI is InChI=1S/C19H21FN2O6S2/c1-28-17-7-6-13(12-15(17)19(21)23)30(26,27)22-9-8-18(29(24,25)11-10-22)14-4-2-3-5-16(14)20/h2-7,12,18H,8-11H2,1H3,(H2,21,23). The summed E-state index contributed by atoms with van der Waals surface area (Å²) in [4.78, 5) is 11.4. The molecule has 1 atom stereocenters. The number of rotatable bonds is 5. The Hall–Kier alpha value is -2.50. The van der Waals surface area contributed by atoms with E-state index in [1.165, 1.54) is 43.5 Å². The van der Waals surface area contributed by atoms with Crippen molar-refractivity contribution in [2.75, 3.05) is 26.0 Å². The van der Waals surface area contributed by atoms with Gasteiger partial charge in [-0.3, -0.25) is 4.79 Å². The molecule has 1 amide bonds. The zero-order valence-electron chi connectivity index (χ0n) is 16.1. The molecule has 0 radical (unpaired) electrons. The number of methoxy groups -OCH3 is 1. The number of amides is 1. The van der Waals surface area contributed by atoms with Gasteiger partial charge >= 0.3 is 0 Å². The van der Waals surface area contributed by atoms with E-state index >= 15 is 0 Å². The number of hydrogen-bond donors (Lipinski definition) is 1. The van der Waals surface area contributed by atoms with Crippen LogP contribution in [0.3, 0.4) is 0 Å². The van der Waals surface area contributed by atoms with Crippen LogP contribution in [0.25, 0.3) is 0 Å². The minimum Gasteiger partial charge on any atom is -0.496 e. The number of sulfonamides is 1. The van der Waals surface area contributed by atoms with Crippen molar-refractivity contribution < 1.29 is 30.8 Å². The molecule has 0 spiro atoms. The van der Waals surface area contributed by atoms with Crippen LogP contribution in [0.4, 0.5) is 4.39 Å². The number of sulfone groups is 1. The lowest BCUT2D eigenvalue weighted by Gasteiger charge is -2.20. The van der Waals surface area contributed by atoms with E-state index in [-0.39, 0.29) is 41.3 Å². The summed E-state index contributed by atoms with van der Waals surface area (Å²) < 4.78 is 71.9. The van der Waals surface area contributed by atoms with E-state index in [0.717, 1.165) is 10.4 Å². The number of primary amides is 1. The summed E-state index contributed by atoms with van der Waals surface area (Å²) in [7, 11) is -6.59. The number of nitrogens with zero attached hydrogens (tertiary/aromatic N) is 1. The van der Waals surface area contributed by atoms with E-state index in [0.29, 0.717) is 0 Å². The van der Waals surface area contributed by atoms with Crippen LogP contribution in [0.2, 0.25) is 0 Å². The van der Waals surface area contributed by atoms with Crippen LogP contribution in [0.5, 0.6) is 5.75 Å². The molecular formula is C19H21FN2O6S2. The van der Waals surface area contributed by atoms with Gasteiger partial charge in [0.1, 0.15) is 11.6 Å². The molecule has 2 aromatic carbocycles. The number of ether oxygens (including phenoxy) is 1. The first-order valence-electron chi connectivity index (χ1n) is 9.02. The predicted octanol–water partition coefficient (Wildman–Crippen LogP) is 1.48. The lowest BCUT2D eigenvalue weighted by Crippen LogP contribution is -2.33. The molecule has 1 unspecified atom stereocenters. The third-order valence-electron chi connectivity index (χ3n) is 5.03. The fourth-order valence-corrected chi connectivity index (χ4v) is 6.84. The molecular weight excluding hydrogens is 435 g/mol. The third kappa shape index (κ3) is 4.18. The predicted molar refractivity (Wildman–Crippen MR) is 108 cm³/mol. The van der Waals surface area contributed by atoms with E-state index < -0.39 is 42.6 Å². The van der Waals surface area contributed by atoms with Gasteiger partial charge in [-0.2, -0.15) is 4.31 Å². The molecule has 1 aliphatic rings. The summed E-state index contributed by atoms with van der Waals surface area (Å²) >= 11 is 0. The minimum atomic E-state index is -4.12. The molecule has 0 bridgehead atoms. The molecule has 30 heavy (non-hydrogen) atoms. The van der Waals surface area contributed by atoms with E-state index in [4.69, 9.17) is 10.5 Å². The van der Waals surface area contributed by atoms with Crippen LogP contribution >= 0.6 is 0 Å². The summed E-state index contributed by atoms with van der Waals surface area (Å²) in [5, 5.41) is -1.14. The molecule has 2 aromatic rings. The molecule has 1 aliphatic heterocycles. The summed E-state index contributed by atoms with van der Waals surface area (Å²) in [6, 6.07) is 9.23. The molecule has 1 fully saturated rings. The highest BCUT2D eigenvalue weighted by atomic mass is 32.2. The Morgan fingerprint density at radius 3 is 2.53 bits per heavy atom. The molecule has 8 nitrogen and oxygen atoms in total. The SMILES string of the molecule is COc1ccc(S(=O)(=O)N2CCC(c3ccccc3F)S(=O)(=O)CC2)cc1C(N)=O. The highest BCUT2D eigenvalue weighted by Crippen LogP contribution is 2.33. The summed E-state index contributed by atoms with van der Waals surface area (Å²) in [5.74, 6) is -1.84. The maximum absolute atomic E-state index is 14.2. The van der Waals surface area contributed by atoms with Crippen molar-refractivity contribution in [1.82, 2.24) is 4.31 Å². The van der Waals surface area contributed by atoms with Crippen LogP contribution < -0.4 is 10.5 Å². The molecule has 3 rings (SSSR count). The zero-order chi connectivity index (χ0) is 22.1. The molecule has 0 aliphatic carbocycles. The zero-order valence-corrected chi connectivity index (χ0v) is 17.7. The summed E-state index contributed by atoms with van der Waals surface area (Å²) in [5.41, 5.74) is 5.21. The van der Waals surface area contributed by atoms with Gasteiger partial charge < -0.3 is 10.5 Å². The van der Waals surface area contributed by atoms with E-state index in [2.05, 4.69) is 0 Å². The number of benzene rings is 2. The van der Waals surface area contributed by atoms with Crippen LogP contribution in [-0.2, 0) is 19.9 Å². The first-order valence-corrected chi connectivity index (χ1v) is 12.2. The molecule has 162 valence electrons. The van der Waals surface area contributed by atoms with Gasteiger partial charge in [-0.1, -0.05) is 18.2 Å². The minimum absolute atomic E-state index is 0.0252. The fraction of sp³-hybridized carbons (Fsp3) is 0.316.